The quantitative estimate of drug-likeness (QED) is 0.413. The highest BCUT2D eigenvalue weighted by atomic mass is 16.4. The van der Waals surface area contributed by atoms with Gasteiger partial charge >= 0.3 is 7.12 Å². The standard InChI is InChI=1S/C9H12BNO4/c1-11(6-12)9(13)7-3-2-4-8(5-7)10(14)15/h2-5,12,14-15H,6H2,1H3. The molecule has 0 unspecified atom stereocenters. The monoisotopic (exact) mass is 209 g/mol. The predicted molar refractivity (Wildman–Crippen MR) is 55.4 cm³/mol. The van der Waals surface area contributed by atoms with Crippen LogP contribution < -0.4 is 5.46 Å². The fourth-order valence-corrected chi connectivity index (χ4v) is 1.12. The van der Waals surface area contributed by atoms with Crippen molar-refractivity contribution in [1.29, 1.82) is 0 Å². The topological polar surface area (TPSA) is 81.0 Å². The number of aliphatic hydroxyl groups excluding tert-OH is 1. The number of carbonyl (C=O) groups is 1. The molecule has 0 aliphatic heterocycles. The molecule has 1 aromatic rings. The van der Waals surface area contributed by atoms with Crippen LogP contribution in [0.2, 0.25) is 0 Å². The third kappa shape index (κ3) is 2.79. The molecular weight excluding hydrogens is 197 g/mol. The van der Waals surface area contributed by atoms with Crippen LogP contribution in [0.4, 0.5) is 0 Å². The molecule has 5 nitrogen and oxygen atoms in total. The van der Waals surface area contributed by atoms with E-state index in [0.717, 1.165) is 4.90 Å². The molecule has 0 fully saturated rings. The van der Waals surface area contributed by atoms with Gasteiger partial charge < -0.3 is 20.1 Å². The van der Waals surface area contributed by atoms with E-state index < -0.39 is 7.12 Å². The number of aliphatic hydroxyl groups is 1. The Bertz CT molecular complexity index is 356. The molecule has 0 aliphatic carbocycles. The molecule has 0 saturated heterocycles. The summed E-state index contributed by atoms with van der Waals surface area (Å²) in [6.45, 7) is -0.384. The van der Waals surface area contributed by atoms with Crippen molar-refractivity contribution in [3.63, 3.8) is 0 Å². The third-order valence-electron chi connectivity index (χ3n) is 1.99. The first kappa shape index (κ1) is 11.7. The zero-order chi connectivity index (χ0) is 11.4. The minimum Gasteiger partial charge on any atom is -0.423 e. The number of rotatable bonds is 3. The lowest BCUT2D eigenvalue weighted by Gasteiger charge is -2.13. The molecule has 0 aromatic heterocycles. The van der Waals surface area contributed by atoms with E-state index in [9.17, 15) is 4.79 Å². The van der Waals surface area contributed by atoms with E-state index in [1.54, 1.807) is 12.1 Å². The van der Waals surface area contributed by atoms with Gasteiger partial charge in [0, 0.05) is 12.6 Å². The van der Waals surface area contributed by atoms with Crippen molar-refractivity contribution in [3.05, 3.63) is 29.8 Å². The SMILES string of the molecule is CN(CO)C(=O)c1cccc(B(O)O)c1. The molecule has 0 atom stereocenters. The summed E-state index contributed by atoms with van der Waals surface area (Å²) in [4.78, 5) is 12.7. The Labute approximate surface area is 87.7 Å². The van der Waals surface area contributed by atoms with Gasteiger partial charge in [-0.1, -0.05) is 12.1 Å². The van der Waals surface area contributed by atoms with Crippen molar-refractivity contribution in [3.8, 4) is 0 Å². The van der Waals surface area contributed by atoms with Crippen molar-refractivity contribution < 1.29 is 19.9 Å². The second kappa shape index (κ2) is 4.93. The molecule has 6 heteroatoms. The second-order valence-electron chi connectivity index (χ2n) is 3.14. The van der Waals surface area contributed by atoms with Crippen molar-refractivity contribution in [2.24, 2.45) is 0 Å². The second-order valence-corrected chi connectivity index (χ2v) is 3.14. The van der Waals surface area contributed by atoms with Crippen LogP contribution in [0.5, 0.6) is 0 Å². The maximum absolute atomic E-state index is 11.6. The molecule has 1 aromatic carbocycles. The summed E-state index contributed by atoms with van der Waals surface area (Å²) in [7, 11) is -0.151. The van der Waals surface area contributed by atoms with Gasteiger partial charge in [-0.2, -0.15) is 0 Å². The maximum Gasteiger partial charge on any atom is 0.488 e. The van der Waals surface area contributed by atoms with Gasteiger partial charge in [-0.25, -0.2) is 0 Å². The summed E-state index contributed by atoms with van der Waals surface area (Å²) in [5, 5.41) is 26.6. The van der Waals surface area contributed by atoms with E-state index in [2.05, 4.69) is 0 Å². The van der Waals surface area contributed by atoms with Crippen molar-refractivity contribution in [2.75, 3.05) is 13.8 Å². The molecule has 3 N–H and O–H groups in total. The van der Waals surface area contributed by atoms with Gasteiger partial charge in [-0.05, 0) is 17.6 Å². The highest BCUT2D eigenvalue weighted by Crippen LogP contribution is 2.01. The molecule has 15 heavy (non-hydrogen) atoms. The number of hydrogen-bond donors (Lipinski definition) is 3. The fraction of sp³-hybridized carbons (Fsp3) is 0.222. The highest BCUT2D eigenvalue weighted by Gasteiger charge is 2.15. The first-order valence-electron chi connectivity index (χ1n) is 4.38. The van der Waals surface area contributed by atoms with E-state index >= 15 is 0 Å². The normalized spacial score (nSPS) is 9.87. The average Bonchev–Trinajstić information content (AvgIpc) is 2.27. The summed E-state index contributed by atoms with van der Waals surface area (Å²) >= 11 is 0. The Kier molecular flexibility index (Phi) is 3.84. The van der Waals surface area contributed by atoms with Gasteiger partial charge in [0.2, 0.25) is 0 Å². The van der Waals surface area contributed by atoms with Crippen LogP contribution in [0.15, 0.2) is 24.3 Å². The van der Waals surface area contributed by atoms with Crippen molar-refractivity contribution >= 4 is 18.5 Å². The van der Waals surface area contributed by atoms with Gasteiger partial charge in [0.15, 0.2) is 0 Å². The number of amides is 1. The summed E-state index contributed by atoms with van der Waals surface area (Å²) in [6.07, 6.45) is 0. The Morgan fingerprint density at radius 3 is 2.67 bits per heavy atom. The largest absolute Gasteiger partial charge is 0.488 e. The lowest BCUT2D eigenvalue weighted by atomic mass is 9.79. The van der Waals surface area contributed by atoms with Crippen LogP contribution in [-0.4, -0.2) is 46.9 Å². The minimum absolute atomic E-state index is 0.243. The molecule has 80 valence electrons. The first-order valence-corrected chi connectivity index (χ1v) is 4.38. The van der Waals surface area contributed by atoms with Crippen LogP contribution in [0.3, 0.4) is 0 Å². The van der Waals surface area contributed by atoms with E-state index in [1.807, 2.05) is 0 Å². The lowest BCUT2D eigenvalue weighted by molar-refractivity contribution is 0.0630. The van der Waals surface area contributed by atoms with Gasteiger partial charge in [-0.3, -0.25) is 4.79 Å². The van der Waals surface area contributed by atoms with Crippen molar-refractivity contribution in [1.82, 2.24) is 4.90 Å². The summed E-state index contributed by atoms with van der Waals surface area (Å²) in [6, 6.07) is 5.97. The minimum atomic E-state index is -1.60. The molecule has 0 heterocycles. The van der Waals surface area contributed by atoms with E-state index in [-0.39, 0.29) is 18.1 Å². The van der Waals surface area contributed by atoms with Crippen molar-refractivity contribution in [2.45, 2.75) is 0 Å². The number of benzene rings is 1. The van der Waals surface area contributed by atoms with E-state index in [0.29, 0.717) is 5.56 Å². The van der Waals surface area contributed by atoms with Crippen LogP contribution in [-0.2, 0) is 0 Å². The van der Waals surface area contributed by atoms with Gasteiger partial charge in [0.1, 0.15) is 6.73 Å². The third-order valence-corrected chi connectivity index (χ3v) is 1.99. The smallest absolute Gasteiger partial charge is 0.423 e. The molecule has 0 bridgehead atoms. The zero-order valence-corrected chi connectivity index (χ0v) is 8.29. The maximum atomic E-state index is 11.6. The number of carbonyl (C=O) groups excluding carboxylic acids is 1. The molecule has 0 spiro atoms. The summed E-state index contributed by atoms with van der Waals surface area (Å²) in [5.74, 6) is -0.375. The zero-order valence-electron chi connectivity index (χ0n) is 8.29. The summed E-state index contributed by atoms with van der Waals surface area (Å²) < 4.78 is 0. The Balaban J connectivity index is 2.95. The Morgan fingerprint density at radius 2 is 2.13 bits per heavy atom. The Morgan fingerprint density at radius 1 is 1.47 bits per heavy atom. The average molecular weight is 209 g/mol. The van der Waals surface area contributed by atoms with Gasteiger partial charge in [0.05, 0.1) is 0 Å². The predicted octanol–water partition coefficient (Wildman–Crippen LogP) is -1.61. The molecule has 1 amide bonds. The Hall–Kier alpha value is -1.37. The molecule has 1 rings (SSSR count). The van der Waals surface area contributed by atoms with Crippen LogP contribution in [0.25, 0.3) is 0 Å². The summed E-state index contributed by atoms with van der Waals surface area (Å²) in [5.41, 5.74) is 0.546. The van der Waals surface area contributed by atoms with Crippen LogP contribution in [0.1, 0.15) is 10.4 Å². The van der Waals surface area contributed by atoms with E-state index in [4.69, 9.17) is 15.2 Å². The van der Waals surface area contributed by atoms with Crippen LogP contribution in [0, 0.1) is 0 Å². The molecule has 0 radical (unpaired) electrons. The number of nitrogens with zero attached hydrogens (tertiary/aromatic N) is 1. The van der Waals surface area contributed by atoms with Gasteiger partial charge in [-0.15, -0.1) is 0 Å². The highest BCUT2D eigenvalue weighted by molar-refractivity contribution is 6.58. The van der Waals surface area contributed by atoms with Gasteiger partial charge in [0.25, 0.3) is 5.91 Å². The lowest BCUT2D eigenvalue weighted by Crippen LogP contribution is -2.32. The molecule has 0 saturated carbocycles. The fourth-order valence-electron chi connectivity index (χ4n) is 1.12. The molecular formula is C9H12BNO4. The molecule has 0 aliphatic rings. The van der Waals surface area contributed by atoms with E-state index in [1.165, 1.54) is 19.2 Å². The van der Waals surface area contributed by atoms with Crippen LogP contribution >= 0.6 is 0 Å². The first-order chi connectivity index (χ1) is 7.06. The number of hydrogen-bond acceptors (Lipinski definition) is 4.